The molecule has 112 valence electrons. The highest BCUT2D eigenvalue weighted by molar-refractivity contribution is 7.21. The zero-order valence-corrected chi connectivity index (χ0v) is 12.4. The number of primary amides is 1. The van der Waals surface area contributed by atoms with Crippen LogP contribution in [0.2, 0.25) is 0 Å². The van der Waals surface area contributed by atoms with E-state index in [0.29, 0.717) is 20.5 Å². The van der Waals surface area contributed by atoms with Crippen LogP contribution in [0, 0.1) is 5.82 Å². The predicted octanol–water partition coefficient (Wildman–Crippen LogP) is 1.79. The second kappa shape index (κ2) is 6.19. The Labute approximate surface area is 124 Å². The number of benzene rings is 1. The highest BCUT2D eigenvalue weighted by Crippen LogP contribution is 2.33. The van der Waals surface area contributed by atoms with Gasteiger partial charge in [-0.15, -0.1) is 11.3 Å². The Morgan fingerprint density at radius 3 is 2.81 bits per heavy atom. The normalized spacial score (nSPS) is 12.3. The van der Waals surface area contributed by atoms with Gasteiger partial charge in [-0.25, -0.2) is 4.39 Å². The second-order valence-electron chi connectivity index (χ2n) is 4.55. The Bertz CT molecular complexity index is 699. The Morgan fingerprint density at radius 1 is 1.48 bits per heavy atom. The van der Waals surface area contributed by atoms with Gasteiger partial charge in [0.25, 0.3) is 5.91 Å². The Kier molecular flexibility index (Phi) is 4.54. The van der Waals surface area contributed by atoms with Crippen LogP contribution in [0.15, 0.2) is 18.2 Å². The molecule has 1 heterocycles. The number of hydrogen-bond donors (Lipinski definition) is 2. The van der Waals surface area contributed by atoms with Crippen molar-refractivity contribution >= 4 is 33.2 Å². The third-order valence-corrected chi connectivity index (χ3v) is 4.23. The van der Waals surface area contributed by atoms with Gasteiger partial charge in [0.1, 0.15) is 11.9 Å². The van der Waals surface area contributed by atoms with Gasteiger partial charge in [0, 0.05) is 22.8 Å². The van der Waals surface area contributed by atoms with Crippen molar-refractivity contribution in [2.45, 2.75) is 19.6 Å². The van der Waals surface area contributed by atoms with Crippen LogP contribution in [0.5, 0.6) is 0 Å². The SMILES string of the molecule is COCc1c(C(=O)NC(C)C(N)=O)sc2cccc(F)c12. The molecule has 1 aromatic carbocycles. The number of nitrogens with one attached hydrogen (secondary N) is 1. The van der Waals surface area contributed by atoms with Crippen molar-refractivity contribution in [2.75, 3.05) is 7.11 Å². The van der Waals surface area contributed by atoms with Crippen LogP contribution in [0.1, 0.15) is 22.2 Å². The van der Waals surface area contributed by atoms with Gasteiger partial charge in [-0.05, 0) is 19.1 Å². The van der Waals surface area contributed by atoms with E-state index >= 15 is 0 Å². The average Bonchev–Trinajstić information content (AvgIpc) is 2.79. The Morgan fingerprint density at radius 2 is 2.19 bits per heavy atom. The van der Waals surface area contributed by atoms with Gasteiger partial charge < -0.3 is 15.8 Å². The van der Waals surface area contributed by atoms with E-state index in [-0.39, 0.29) is 6.61 Å². The summed E-state index contributed by atoms with van der Waals surface area (Å²) >= 11 is 1.16. The zero-order valence-electron chi connectivity index (χ0n) is 11.6. The van der Waals surface area contributed by atoms with E-state index in [0.717, 1.165) is 11.3 Å². The van der Waals surface area contributed by atoms with E-state index in [1.165, 1.54) is 20.1 Å². The molecule has 2 amide bonds. The number of halogens is 1. The summed E-state index contributed by atoms with van der Waals surface area (Å²) < 4.78 is 19.7. The number of ether oxygens (including phenoxy) is 1. The van der Waals surface area contributed by atoms with Crippen molar-refractivity contribution in [3.8, 4) is 0 Å². The van der Waals surface area contributed by atoms with Gasteiger partial charge in [0.05, 0.1) is 11.5 Å². The molecule has 0 bridgehead atoms. The molecule has 2 rings (SSSR count). The van der Waals surface area contributed by atoms with Crippen LogP contribution in [-0.4, -0.2) is 25.0 Å². The number of methoxy groups -OCH3 is 1. The molecule has 1 aromatic heterocycles. The number of hydrogen-bond acceptors (Lipinski definition) is 4. The molecule has 0 fully saturated rings. The molecule has 0 radical (unpaired) electrons. The molecule has 7 heteroatoms. The lowest BCUT2D eigenvalue weighted by molar-refractivity contribution is -0.119. The fourth-order valence-electron chi connectivity index (χ4n) is 1.97. The third-order valence-electron chi connectivity index (χ3n) is 3.03. The van der Waals surface area contributed by atoms with E-state index in [9.17, 15) is 14.0 Å². The summed E-state index contributed by atoms with van der Waals surface area (Å²) in [5.41, 5.74) is 5.60. The fraction of sp³-hybridized carbons (Fsp3) is 0.286. The molecule has 3 N–H and O–H groups in total. The highest BCUT2D eigenvalue weighted by Gasteiger charge is 2.22. The summed E-state index contributed by atoms with van der Waals surface area (Å²) in [6.07, 6.45) is 0. The van der Waals surface area contributed by atoms with Crippen molar-refractivity contribution in [1.82, 2.24) is 5.32 Å². The zero-order chi connectivity index (χ0) is 15.6. The maximum absolute atomic E-state index is 14.0. The highest BCUT2D eigenvalue weighted by atomic mass is 32.1. The molecular weight excluding hydrogens is 295 g/mol. The Balaban J connectivity index is 2.48. The van der Waals surface area contributed by atoms with Gasteiger partial charge in [-0.3, -0.25) is 9.59 Å². The number of carbonyl (C=O) groups excluding carboxylic acids is 2. The number of nitrogens with two attached hydrogens (primary N) is 1. The quantitative estimate of drug-likeness (QED) is 0.883. The summed E-state index contributed by atoms with van der Waals surface area (Å²) in [4.78, 5) is 23.6. The van der Waals surface area contributed by atoms with Gasteiger partial charge in [-0.2, -0.15) is 0 Å². The molecule has 5 nitrogen and oxygen atoms in total. The second-order valence-corrected chi connectivity index (χ2v) is 5.61. The van der Waals surface area contributed by atoms with Crippen molar-refractivity contribution < 1.29 is 18.7 Å². The lowest BCUT2D eigenvalue weighted by Crippen LogP contribution is -2.42. The number of fused-ring (bicyclic) bond motifs is 1. The monoisotopic (exact) mass is 310 g/mol. The number of amides is 2. The summed E-state index contributed by atoms with van der Waals surface area (Å²) in [6, 6.07) is 3.85. The van der Waals surface area contributed by atoms with Crippen LogP contribution >= 0.6 is 11.3 Å². The molecular formula is C14H15FN2O3S. The van der Waals surface area contributed by atoms with E-state index in [1.54, 1.807) is 12.1 Å². The fourth-order valence-corrected chi connectivity index (χ4v) is 3.09. The molecule has 0 saturated heterocycles. The molecule has 0 aliphatic carbocycles. The lowest BCUT2D eigenvalue weighted by atomic mass is 10.1. The summed E-state index contributed by atoms with van der Waals surface area (Å²) in [6.45, 7) is 1.60. The number of rotatable bonds is 5. The summed E-state index contributed by atoms with van der Waals surface area (Å²) in [5, 5.41) is 2.87. The molecule has 0 aliphatic heterocycles. The summed E-state index contributed by atoms with van der Waals surface area (Å²) in [5.74, 6) is -1.50. The van der Waals surface area contributed by atoms with E-state index < -0.39 is 23.7 Å². The minimum absolute atomic E-state index is 0.106. The van der Waals surface area contributed by atoms with Crippen LogP contribution in [0.3, 0.4) is 0 Å². The molecule has 21 heavy (non-hydrogen) atoms. The van der Waals surface area contributed by atoms with Crippen molar-refractivity contribution in [2.24, 2.45) is 5.73 Å². The summed E-state index contributed by atoms with van der Waals surface area (Å²) in [7, 11) is 1.47. The molecule has 1 unspecified atom stereocenters. The van der Waals surface area contributed by atoms with E-state index in [4.69, 9.17) is 10.5 Å². The maximum Gasteiger partial charge on any atom is 0.262 e. The first kappa shape index (κ1) is 15.4. The minimum Gasteiger partial charge on any atom is -0.380 e. The number of thiophene rings is 1. The van der Waals surface area contributed by atoms with E-state index in [2.05, 4.69) is 5.32 Å². The van der Waals surface area contributed by atoms with Gasteiger partial charge in [-0.1, -0.05) is 6.07 Å². The molecule has 1 atom stereocenters. The van der Waals surface area contributed by atoms with Crippen LogP contribution in [0.25, 0.3) is 10.1 Å². The lowest BCUT2D eigenvalue weighted by Gasteiger charge is -2.10. The molecule has 0 saturated carbocycles. The van der Waals surface area contributed by atoms with Gasteiger partial charge in [0.2, 0.25) is 5.91 Å². The molecule has 2 aromatic rings. The van der Waals surface area contributed by atoms with Crippen LogP contribution in [0.4, 0.5) is 4.39 Å². The van der Waals surface area contributed by atoms with Gasteiger partial charge >= 0.3 is 0 Å². The van der Waals surface area contributed by atoms with Crippen molar-refractivity contribution in [3.63, 3.8) is 0 Å². The van der Waals surface area contributed by atoms with E-state index in [1.807, 2.05) is 0 Å². The van der Waals surface area contributed by atoms with Crippen molar-refractivity contribution in [3.05, 3.63) is 34.5 Å². The molecule has 0 spiro atoms. The minimum atomic E-state index is -0.803. The predicted molar refractivity (Wildman–Crippen MR) is 78.6 cm³/mol. The average molecular weight is 310 g/mol. The van der Waals surface area contributed by atoms with Gasteiger partial charge in [0.15, 0.2) is 0 Å². The Hall–Kier alpha value is -1.99. The maximum atomic E-state index is 14.0. The van der Waals surface area contributed by atoms with Crippen LogP contribution in [-0.2, 0) is 16.1 Å². The van der Waals surface area contributed by atoms with Crippen LogP contribution < -0.4 is 11.1 Å². The largest absolute Gasteiger partial charge is 0.380 e. The first-order chi connectivity index (χ1) is 9.95. The van der Waals surface area contributed by atoms with Crippen molar-refractivity contribution in [1.29, 1.82) is 0 Å². The standard InChI is InChI=1S/C14H15FN2O3S/c1-7(13(16)18)17-14(19)12-8(6-20-2)11-9(15)4-3-5-10(11)21-12/h3-5,7H,6H2,1-2H3,(H2,16,18)(H,17,19). The first-order valence-electron chi connectivity index (χ1n) is 6.24. The topological polar surface area (TPSA) is 81.4 Å². The third kappa shape index (κ3) is 3.03. The number of carbonyl (C=O) groups is 2. The smallest absolute Gasteiger partial charge is 0.262 e. The first-order valence-corrected chi connectivity index (χ1v) is 7.06. The molecule has 0 aliphatic rings.